The second kappa shape index (κ2) is 7.25. The topological polar surface area (TPSA) is 54.5 Å². The number of para-hydroxylation sites is 1. The Hall–Kier alpha value is -1.50. The second-order valence-electron chi connectivity index (χ2n) is 7.47. The van der Waals surface area contributed by atoms with Gasteiger partial charge in [0.1, 0.15) is 5.01 Å². The quantitative estimate of drug-likeness (QED) is 0.873. The van der Waals surface area contributed by atoms with Crippen LogP contribution in [0.3, 0.4) is 0 Å². The first-order chi connectivity index (χ1) is 12.6. The van der Waals surface area contributed by atoms with Crippen LogP contribution in [0.5, 0.6) is 0 Å². The summed E-state index contributed by atoms with van der Waals surface area (Å²) in [6.07, 6.45) is 4.59. The molecule has 1 saturated heterocycles. The molecule has 6 heteroatoms. The molecule has 0 bridgehead atoms. The van der Waals surface area contributed by atoms with Crippen LogP contribution >= 0.6 is 11.3 Å². The number of methoxy groups -OCH3 is 1. The van der Waals surface area contributed by atoms with Crippen molar-refractivity contribution >= 4 is 27.5 Å². The van der Waals surface area contributed by atoms with Gasteiger partial charge >= 0.3 is 0 Å². The third kappa shape index (κ3) is 3.26. The van der Waals surface area contributed by atoms with E-state index in [0.717, 1.165) is 49.3 Å². The zero-order valence-corrected chi connectivity index (χ0v) is 16.3. The molecule has 0 spiro atoms. The largest absolute Gasteiger partial charge is 0.377 e. The lowest BCUT2D eigenvalue weighted by molar-refractivity contribution is -0.123. The first-order valence-electron chi connectivity index (χ1n) is 9.56. The minimum absolute atomic E-state index is 0.0654. The highest BCUT2D eigenvalue weighted by Crippen LogP contribution is 2.43. The Balaban J connectivity index is 1.51. The predicted octanol–water partition coefficient (Wildman–Crippen LogP) is 3.33. The number of amides is 1. The van der Waals surface area contributed by atoms with Crippen LogP contribution < -0.4 is 5.32 Å². The van der Waals surface area contributed by atoms with Crippen molar-refractivity contribution in [3.63, 3.8) is 0 Å². The second-order valence-corrected chi connectivity index (χ2v) is 8.59. The number of hydrogen-bond donors (Lipinski definition) is 1. The number of aromatic nitrogens is 1. The summed E-state index contributed by atoms with van der Waals surface area (Å²) in [5, 5.41) is 4.36. The van der Waals surface area contributed by atoms with Gasteiger partial charge in [0, 0.05) is 32.2 Å². The van der Waals surface area contributed by atoms with E-state index in [1.807, 2.05) is 20.1 Å². The molecule has 140 valence electrons. The minimum atomic E-state index is -0.0654. The molecule has 3 atom stereocenters. The van der Waals surface area contributed by atoms with Crippen molar-refractivity contribution in [3.05, 3.63) is 29.3 Å². The Labute approximate surface area is 158 Å². The van der Waals surface area contributed by atoms with E-state index in [4.69, 9.17) is 9.72 Å². The lowest BCUT2D eigenvalue weighted by Crippen LogP contribution is -2.54. The number of hydrogen-bond acceptors (Lipinski definition) is 5. The van der Waals surface area contributed by atoms with E-state index in [1.165, 1.54) is 4.70 Å². The van der Waals surface area contributed by atoms with Gasteiger partial charge in [-0.15, -0.1) is 11.3 Å². The molecule has 26 heavy (non-hydrogen) atoms. The fourth-order valence-corrected chi connectivity index (χ4v) is 5.59. The van der Waals surface area contributed by atoms with Crippen LogP contribution in [0.4, 0.5) is 0 Å². The van der Waals surface area contributed by atoms with Crippen molar-refractivity contribution in [2.24, 2.45) is 0 Å². The molecule has 1 aromatic heterocycles. The van der Waals surface area contributed by atoms with Gasteiger partial charge in [0.25, 0.3) is 0 Å². The first kappa shape index (κ1) is 17.9. The first-order valence-corrected chi connectivity index (χ1v) is 10.4. The number of nitrogens with zero attached hydrogens (tertiary/aromatic N) is 2. The van der Waals surface area contributed by atoms with Gasteiger partial charge in [-0.1, -0.05) is 19.1 Å². The molecule has 1 amide bonds. The summed E-state index contributed by atoms with van der Waals surface area (Å²) in [5.41, 5.74) is 1.02. The van der Waals surface area contributed by atoms with Gasteiger partial charge in [-0.25, -0.2) is 4.98 Å². The standard InChI is InChI=1S/C20H27N3O2S/c1-3-18(24)21-14-8-9-20(25-2)10-11-23(17(20)12-14)13-19-22-15-6-4-5-7-16(15)26-19/h4-7,14,17H,3,8-13H2,1-2H3,(H,21,24)/t14?,17?,20-/m1/s1. The molecule has 1 aliphatic carbocycles. The Morgan fingerprint density at radius 1 is 1.42 bits per heavy atom. The Kier molecular flexibility index (Phi) is 4.99. The summed E-state index contributed by atoms with van der Waals surface area (Å²) in [5.74, 6) is 0.149. The van der Waals surface area contributed by atoms with Crippen molar-refractivity contribution in [1.82, 2.24) is 15.2 Å². The zero-order valence-electron chi connectivity index (χ0n) is 15.5. The van der Waals surface area contributed by atoms with Crippen molar-refractivity contribution < 1.29 is 9.53 Å². The molecule has 2 unspecified atom stereocenters. The van der Waals surface area contributed by atoms with E-state index in [2.05, 4.69) is 28.4 Å². The van der Waals surface area contributed by atoms with Crippen molar-refractivity contribution in [2.75, 3.05) is 13.7 Å². The summed E-state index contributed by atoms with van der Waals surface area (Å²) in [6.45, 7) is 3.80. The number of benzene rings is 1. The van der Waals surface area contributed by atoms with E-state index < -0.39 is 0 Å². The maximum Gasteiger partial charge on any atom is 0.219 e. The van der Waals surface area contributed by atoms with Crippen molar-refractivity contribution in [3.8, 4) is 0 Å². The van der Waals surface area contributed by atoms with Gasteiger partial charge < -0.3 is 10.1 Å². The molecule has 2 aromatic rings. The number of carbonyl (C=O) groups is 1. The molecule has 2 heterocycles. The SMILES string of the molecule is CCC(=O)NC1CC[C@@]2(OC)CCN(Cc3nc4ccccc4s3)C2C1. The van der Waals surface area contributed by atoms with Gasteiger partial charge in [-0.2, -0.15) is 0 Å². The number of thiazole rings is 1. The highest BCUT2D eigenvalue weighted by Gasteiger charge is 2.51. The van der Waals surface area contributed by atoms with E-state index in [9.17, 15) is 4.79 Å². The molecular formula is C20H27N3O2S. The Bertz CT molecular complexity index is 759. The van der Waals surface area contributed by atoms with Crippen LogP contribution in [0, 0.1) is 0 Å². The number of rotatable bonds is 5. The highest BCUT2D eigenvalue weighted by molar-refractivity contribution is 7.18. The highest BCUT2D eigenvalue weighted by atomic mass is 32.1. The number of nitrogens with one attached hydrogen (secondary N) is 1. The molecule has 1 aliphatic heterocycles. The average molecular weight is 374 g/mol. The molecule has 1 aromatic carbocycles. The van der Waals surface area contributed by atoms with Crippen molar-refractivity contribution in [1.29, 1.82) is 0 Å². The van der Waals surface area contributed by atoms with Gasteiger partial charge in [0.2, 0.25) is 5.91 Å². The zero-order chi connectivity index (χ0) is 18.1. The number of carbonyl (C=O) groups excluding carboxylic acids is 1. The maximum absolute atomic E-state index is 11.8. The Morgan fingerprint density at radius 2 is 2.27 bits per heavy atom. The lowest BCUT2D eigenvalue weighted by atomic mass is 9.78. The monoisotopic (exact) mass is 373 g/mol. The summed E-state index contributed by atoms with van der Waals surface area (Å²) >= 11 is 1.78. The molecule has 2 aliphatic rings. The van der Waals surface area contributed by atoms with Gasteiger partial charge in [0.05, 0.1) is 22.4 Å². The third-order valence-electron chi connectivity index (χ3n) is 6.06. The summed E-state index contributed by atoms with van der Waals surface area (Å²) in [6, 6.07) is 8.92. The molecule has 1 N–H and O–H groups in total. The van der Waals surface area contributed by atoms with Crippen LogP contribution in [0.15, 0.2) is 24.3 Å². The maximum atomic E-state index is 11.8. The fourth-order valence-electron chi connectivity index (χ4n) is 4.60. The molecule has 5 nitrogen and oxygen atoms in total. The van der Waals surface area contributed by atoms with Gasteiger partial charge in [0.15, 0.2) is 0 Å². The van der Waals surface area contributed by atoms with Gasteiger partial charge in [-0.05, 0) is 37.8 Å². The third-order valence-corrected chi connectivity index (χ3v) is 7.08. The van der Waals surface area contributed by atoms with Crippen LogP contribution in [-0.4, -0.2) is 47.1 Å². The number of likely N-dealkylation sites (tertiary alicyclic amines) is 1. The molecule has 1 saturated carbocycles. The summed E-state index contributed by atoms with van der Waals surface area (Å²) in [4.78, 5) is 19.2. The smallest absolute Gasteiger partial charge is 0.219 e. The summed E-state index contributed by atoms with van der Waals surface area (Å²) in [7, 11) is 1.85. The van der Waals surface area contributed by atoms with Crippen LogP contribution in [0.25, 0.3) is 10.2 Å². The van der Waals surface area contributed by atoms with Crippen LogP contribution in [0.1, 0.15) is 44.0 Å². The molecule has 0 radical (unpaired) electrons. The van der Waals surface area contributed by atoms with E-state index >= 15 is 0 Å². The van der Waals surface area contributed by atoms with Crippen molar-refractivity contribution in [2.45, 2.75) is 63.3 Å². The fraction of sp³-hybridized carbons (Fsp3) is 0.600. The van der Waals surface area contributed by atoms with Crippen LogP contribution in [0.2, 0.25) is 0 Å². The minimum Gasteiger partial charge on any atom is -0.377 e. The number of fused-ring (bicyclic) bond motifs is 2. The molecule has 2 fully saturated rings. The average Bonchev–Trinajstić information content (AvgIpc) is 3.23. The van der Waals surface area contributed by atoms with Gasteiger partial charge in [-0.3, -0.25) is 9.69 Å². The van der Waals surface area contributed by atoms with E-state index in [-0.39, 0.29) is 17.6 Å². The van der Waals surface area contributed by atoms with E-state index in [0.29, 0.717) is 12.5 Å². The number of ether oxygens (including phenoxy) is 1. The Morgan fingerprint density at radius 3 is 3.04 bits per heavy atom. The summed E-state index contributed by atoms with van der Waals surface area (Å²) < 4.78 is 7.28. The normalized spacial score (nSPS) is 29.0. The van der Waals surface area contributed by atoms with Crippen LogP contribution in [-0.2, 0) is 16.1 Å². The lowest BCUT2D eigenvalue weighted by Gasteiger charge is -2.43. The predicted molar refractivity (Wildman–Crippen MR) is 104 cm³/mol. The molecule has 4 rings (SSSR count). The molecular weight excluding hydrogens is 346 g/mol. The van der Waals surface area contributed by atoms with E-state index in [1.54, 1.807) is 11.3 Å².